The van der Waals surface area contributed by atoms with Crippen LogP contribution in [0.1, 0.15) is 25.1 Å². The Morgan fingerprint density at radius 2 is 1.71 bits per heavy atom. The molecule has 2 aliphatic rings. The van der Waals surface area contributed by atoms with Gasteiger partial charge in [-0.15, -0.1) is 0 Å². The molecule has 24 heavy (non-hydrogen) atoms. The normalized spacial score (nSPS) is 26.2. The van der Waals surface area contributed by atoms with Gasteiger partial charge in [0.15, 0.2) is 0 Å². The van der Waals surface area contributed by atoms with E-state index in [0.717, 1.165) is 5.56 Å². The van der Waals surface area contributed by atoms with Crippen LogP contribution >= 0.6 is 7.28 Å². The van der Waals surface area contributed by atoms with Crippen molar-refractivity contribution < 1.29 is 14.1 Å². The summed E-state index contributed by atoms with van der Waals surface area (Å²) in [7, 11) is 3.90. The van der Waals surface area contributed by atoms with E-state index in [1.807, 2.05) is 56.0 Å². The Morgan fingerprint density at radius 1 is 1.17 bits per heavy atom. The summed E-state index contributed by atoms with van der Waals surface area (Å²) in [5, 5.41) is 0. The zero-order valence-electron chi connectivity index (χ0n) is 15.0. The monoisotopic (exact) mass is 349 g/mol. The zero-order chi connectivity index (χ0) is 17.9. The number of Topliss-reactive ketones (excluding diaryl/α,β-unsaturated/α-hetero) is 1. The predicted molar refractivity (Wildman–Crippen MR) is 95.2 cm³/mol. The van der Waals surface area contributed by atoms with Gasteiger partial charge in [-0.25, -0.2) is 0 Å². The molecule has 7 heteroatoms. The van der Waals surface area contributed by atoms with E-state index in [1.54, 1.807) is 30.4 Å². The van der Waals surface area contributed by atoms with Crippen molar-refractivity contribution >= 4 is 19.1 Å². The molecule has 1 saturated heterocycles. The maximum atomic E-state index is 12.5. The Kier molecular flexibility index (Phi) is 3.56. The first kappa shape index (κ1) is 16.9. The molecule has 1 aromatic carbocycles. The minimum absolute atomic E-state index is 0.0224. The first-order chi connectivity index (χ1) is 11.2. The number of hydrogen-bond donors (Lipinski definition) is 0. The van der Waals surface area contributed by atoms with Crippen molar-refractivity contribution in [3.8, 4) is 0 Å². The zero-order valence-corrected chi connectivity index (χ0v) is 15.9. The van der Waals surface area contributed by atoms with Crippen molar-refractivity contribution in [2.24, 2.45) is 0 Å². The summed E-state index contributed by atoms with van der Waals surface area (Å²) in [6.45, 7) is 3.39. The standard InChI is InChI=1S/C17H24N3O3P/c1-12(21)15-13(2)23-24(18(3)4,19(5)17(22)20(24)6)16(15)14-10-8-7-9-11-14/h7-11,16H,1-6H3. The van der Waals surface area contributed by atoms with Crippen molar-refractivity contribution in [3.05, 3.63) is 47.2 Å². The minimum atomic E-state index is -3.48. The molecule has 0 aromatic heterocycles. The Hall–Kier alpha value is -1.91. The van der Waals surface area contributed by atoms with E-state index in [2.05, 4.69) is 0 Å². The molecule has 1 atom stereocenters. The van der Waals surface area contributed by atoms with Crippen molar-refractivity contribution in [1.82, 2.24) is 14.0 Å². The van der Waals surface area contributed by atoms with Gasteiger partial charge >= 0.3 is 142 Å². The van der Waals surface area contributed by atoms with E-state index < -0.39 is 7.28 Å². The van der Waals surface area contributed by atoms with E-state index in [9.17, 15) is 9.59 Å². The number of carbonyl (C=O) groups excluding carboxylic acids is 2. The molecule has 0 saturated carbocycles. The Morgan fingerprint density at radius 3 is 2.17 bits per heavy atom. The molecule has 0 radical (unpaired) electrons. The number of rotatable bonds is 3. The fourth-order valence-corrected chi connectivity index (χ4v) is 10.4. The van der Waals surface area contributed by atoms with Crippen molar-refractivity contribution in [1.29, 1.82) is 0 Å². The molecule has 2 aliphatic heterocycles. The number of benzene rings is 1. The summed E-state index contributed by atoms with van der Waals surface area (Å²) in [5.74, 6) is 0.583. The van der Waals surface area contributed by atoms with Crippen LogP contribution in [0.4, 0.5) is 4.79 Å². The summed E-state index contributed by atoms with van der Waals surface area (Å²) >= 11 is 0. The number of nitrogens with zero attached hydrogens (tertiary/aromatic N) is 3. The SMILES string of the molecule is CC(=O)C1=C(C)OP2(N(C)C)(C1c1ccccc1)N(C)C(=O)N2C. The van der Waals surface area contributed by atoms with Crippen molar-refractivity contribution in [2.45, 2.75) is 19.5 Å². The molecule has 0 N–H and O–H groups in total. The third-order valence-corrected chi connectivity index (χ3v) is 11.5. The van der Waals surface area contributed by atoms with Crippen LogP contribution in [0.5, 0.6) is 0 Å². The van der Waals surface area contributed by atoms with Gasteiger partial charge in [0.2, 0.25) is 0 Å². The van der Waals surface area contributed by atoms with Gasteiger partial charge in [-0.1, -0.05) is 0 Å². The molecular formula is C17H24N3O3P. The number of urea groups is 1. The molecule has 2 heterocycles. The molecule has 3 rings (SSSR count). The van der Waals surface area contributed by atoms with Crippen LogP contribution < -0.4 is 0 Å². The van der Waals surface area contributed by atoms with Gasteiger partial charge in [-0.2, -0.15) is 0 Å². The van der Waals surface area contributed by atoms with Crippen LogP contribution in [0, 0.1) is 0 Å². The number of carbonyl (C=O) groups is 2. The van der Waals surface area contributed by atoms with Gasteiger partial charge in [-0.05, 0) is 0 Å². The average molecular weight is 349 g/mol. The van der Waals surface area contributed by atoms with Gasteiger partial charge in [0, 0.05) is 0 Å². The van der Waals surface area contributed by atoms with E-state index in [-0.39, 0.29) is 17.5 Å². The molecule has 0 aliphatic carbocycles. The van der Waals surface area contributed by atoms with Crippen molar-refractivity contribution in [2.75, 3.05) is 28.2 Å². The number of amides is 2. The summed E-state index contributed by atoms with van der Waals surface area (Å²) in [6.07, 6.45) is 0. The molecule has 2 amide bonds. The van der Waals surface area contributed by atoms with Gasteiger partial charge < -0.3 is 0 Å². The Bertz CT molecular complexity index is 748. The molecule has 1 unspecified atom stereocenters. The van der Waals surface area contributed by atoms with Crippen LogP contribution in [-0.4, -0.2) is 54.0 Å². The van der Waals surface area contributed by atoms with Crippen LogP contribution in [0.15, 0.2) is 41.7 Å². The van der Waals surface area contributed by atoms with E-state index >= 15 is 0 Å². The fourth-order valence-electron chi connectivity index (χ4n) is 4.30. The quantitative estimate of drug-likeness (QED) is 0.785. The number of hydrogen-bond acceptors (Lipinski definition) is 4. The van der Waals surface area contributed by atoms with Gasteiger partial charge in [0.25, 0.3) is 0 Å². The van der Waals surface area contributed by atoms with Crippen molar-refractivity contribution in [3.63, 3.8) is 0 Å². The molecule has 1 spiro atoms. The van der Waals surface area contributed by atoms with Crippen LogP contribution in [0.25, 0.3) is 0 Å². The molecule has 6 nitrogen and oxygen atoms in total. The van der Waals surface area contributed by atoms with Gasteiger partial charge in [-0.3, -0.25) is 0 Å². The third-order valence-electron chi connectivity index (χ3n) is 5.34. The van der Waals surface area contributed by atoms with Crippen LogP contribution in [0.3, 0.4) is 0 Å². The first-order valence-corrected chi connectivity index (χ1v) is 9.96. The second kappa shape index (κ2) is 5.04. The molecule has 1 aromatic rings. The second-order valence-corrected chi connectivity index (χ2v) is 11.2. The summed E-state index contributed by atoms with van der Waals surface area (Å²) in [4.78, 5) is 24.9. The molecular weight excluding hydrogens is 325 g/mol. The van der Waals surface area contributed by atoms with Gasteiger partial charge in [0.1, 0.15) is 0 Å². The number of ketones is 1. The summed E-state index contributed by atoms with van der Waals surface area (Å²) in [5.41, 5.74) is 1.33. The molecule has 1 fully saturated rings. The van der Waals surface area contributed by atoms with Gasteiger partial charge in [0.05, 0.1) is 0 Å². The Labute approximate surface area is 142 Å². The van der Waals surface area contributed by atoms with Crippen LogP contribution in [-0.2, 0) is 9.32 Å². The third kappa shape index (κ3) is 1.58. The first-order valence-electron chi connectivity index (χ1n) is 7.88. The van der Waals surface area contributed by atoms with E-state index in [1.165, 1.54) is 0 Å². The molecule has 0 bridgehead atoms. The summed E-state index contributed by atoms with van der Waals surface area (Å²) < 4.78 is 11.9. The topological polar surface area (TPSA) is 53.1 Å². The van der Waals surface area contributed by atoms with Crippen LogP contribution in [0.2, 0.25) is 0 Å². The van der Waals surface area contributed by atoms with E-state index in [0.29, 0.717) is 11.3 Å². The van der Waals surface area contributed by atoms with E-state index in [4.69, 9.17) is 4.52 Å². The maximum absolute atomic E-state index is 12.5. The predicted octanol–water partition coefficient (Wildman–Crippen LogP) is 3.39. The fraction of sp³-hybridized carbons (Fsp3) is 0.412. The average Bonchev–Trinajstić information content (AvgIpc) is 2.87. The Balaban J connectivity index is 2.36. The summed E-state index contributed by atoms with van der Waals surface area (Å²) in [6, 6.07) is 9.74. The number of allylic oxidation sites excluding steroid dienone is 2. The molecule has 130 valence electrons. The second-order valence-electron chi connectivity index (χ2n) is 6.57.